The van der Waals surface area contributed by atoms with E-state index in [4.69, 9.17) is 23.2 Å². The summed E-state index contributed by atoms with van der Waals surface area (Å²) in [6.07, 6.45) is 1.17. The summed E-state index contributed by atoms with van der Waals surface area (Å²) in [5.74, 6) is 0.628. The third-order valence-electron chi connectivity index (χ3n) is 3.08. The molecular weight excluding hydrogens is 331 g/mol. The van der Waals surface area contributed by atoms with Gasteiger partial charge in [-0.05, 0) is 36.4 Å². The molecule has 0 amide bonds. The van der Waals surface area contributed by atoms with Crippen molar-refractivity contribution in [2.45, 2.75) is 4.90 Å². The number of aromatic amines is 1. The SMILES string of the molecule is CS(=O)(=O)c1ccc(-c2nc3cc(Cl)c(Cl)cc3[nH]2)cc1. The Morgan fingerprint density at radius 1 is 1.05 bits per heavy atom. The third kappa shape index (κ3) is 2.77. The molecular formula is C14H10Cl2N2O2S. The fourth-order valence-electron chi connectivity index (χ4n) is 2.00. The van der Waals surface area contributed by atoms with Gasteiger partial charge in [-0.2, -0.15) is 0 Å². The van der Waals surface area contributed by atoms with E-state index in [9.17, 15) is 8.42 Å². The average Bonchev–Trinajstić information content (AvgIpc) is 2.81. The molecule has 21 heavy (non-hydrogen) atoms. The highest BCUT2D eigenvalue weighted by molar-refractivity contribution is 7.90. The zero-order chi connectivity index (χ0) is 15.2. The Morgan fingerprint density at radius 3 is 2.29 bits per heavy atom. The number of benzene rings is 2. The lowest BCUT2D eigenvalue weighted by atomic mass is 10.2. The molecule has 1 N–H and O–H groups in total. The third-order valence-corrected chi connectivity index (χ3v) is 4.93. The molecule has 108 valence electrons. The highest BCUT2D eigenvalue weighted by Gasteiger charge is 2.10. The van der Waals surface area contributed by atoms with Crippen LogP contribution in [0.4, 0.5) is 0 Å². The molecule has 0 unspecified atom stereocenters. The summed E-state index contributed by atoms with van der Waals surface area (Å²) in [6.45, 7) is 0. The van der Waals surface area contributed by atoms with Gasteiger partial charge in [0.1, 0.15) is 5.82 Å². The maximum Gasteiger partial charge on any atom is 0.175 e. The minimum absolute atomic E-state index is 0.272. The molecule has 2 aromatic carbocycles. The zero-order valence-corrected chi connectivity index (χ0v) is 13.2. The summed E-state index contributed by atoms with van der Waals surface area (Å²) < 4.78 is 22.9. The van der Waals surface area contributed by atoms with Gasteiger partial charge in [0.05, 0.1) is 26.0 Å². The summed E-state index contributed by atoms with van der Waals surface area (Å²) >= 11 is 11.9. The minimum atomic E-state index is -3.20. The van der Waals surface area contributed by atoms with Gasteiger partial charge in [0.25, 0.3) is 0 Å². The molecule has 3 aromatic rings. The van der Waals surface area contributed by atoms with E-state index in [1.165, 1.54) is 6.26 Å². The number of nitrogens with one attached hydrogen (secondary N) is 1. The van der Waals surface area contributed by atoms with Crippen molar-refractivity contribution in [1.82, 2.24) is 9.97 Å². The van der Waals surface area contributed by atoms with Crippen LogP contribution >= 0.6 is 23.2 Å². The monoisotopic (exact) mass is 340 g/mol. The Morgan fingerprint density at radius 2 is 1.67 bits per heavy atom. The molecule has 4 nitrogen and oxygen atoms in total. The summed E-state index contributed by atoms with van der Waals surface area (Å²) in [6, 6.07) is 9.91. The van der Waals surface area contributed by atoms with E-state index in [0.717, 1.165) is 11.1 Å². The van der Waals surface area contributed by atoms with Gasteiger partial charge in [0.2, 0.25) is 0 Å². The van der Waals surface area contributed by atoms with Gasteiger partial charge >= 0.3 is 0 Å². The summed E-state index contributed by atoms with van der Waals surface area (Å²) in [4.78, 5) is 7.83. The van der Waals surface area contributed by atoms with Crippen LogP contribution in [-0.4, -0.2) is 24.6 Å². The van der Waals surface area contributed by atoms with Gasteiger partial charge in [-0.1, -0.05) is 23.2 Å². The Hall–Kier alpha value is -1.56. The fraction of sp³-hybridized carbons (Fsp3) is 0.0714. The quantitative estimate of drug-likeness (QED) is 0.768. The summed E-state index contributed by atoms with van der Waals surface area (Å²) in [7, 11) is -3.20. The number of halogens is 2. The van der Waals surface area contributed by atoms with Gasteiger partial charge < -0.3 is 4.98 Å². The average molecular weight is 341 g/mol. The van der Waals surface area contributed by atoms with E-state index >= 15 is 0 Å². The molecule has 0 atom stereocenters. The number of sulfone groups is 1. The van der Waals surface area contributed by atoms with E-state index in [1.807, 2.05) is 0 Å². The fourth-order valence-corrected chi connectivity index (χ4v) is 2.95. The van der Waals surface area contributed by atoms with Crippen LogP contribution in [0.2, 0.25) is 10.0 Å². The molecule has 0 aliphatic carbocycles. The van der Waals surface area contributed by atoms with Gasteiger partial charge in [0, 0.05) is 11.8 Å². The van der Waals surface area contributed by atoms with Crippen LogP contribution in [0.3, 0.4) is 0 Å². The zero-order valence-electron chi connectivity index (χ0n) is 10.9. The lowest BCUT2D eigenvalue weighted by Crippen LogP contribution is -1.96. The number of rotatable bonds is 2. The van der Waals surface area contributed by atoms with E-state index in [2.05, 4.69) is 9.97 Å². The van der Waals surface area contributed by atoms with Crippen molar-refractivity contribution in [3.05, 3.63) is 46.4 Å². The number of aromatic nitrogens is 2. The number of nitrogens with zero attached hydrogens (tertiary/aromatic N) is 1. The number of hydrogen-bond acceptors (Lipinski definition) is 3. The first-order valence-corrected chi connectivity index (χ1v) is 8.64. The molecule has 0 bridgehead atoms. The van der Waals surface area contributed by atoms with E-state index in [1.54, 1.807) is 36.4 Å². The van der Waals surface area contributed by atoms with Crippen LogP contribution in [-0.2, 0) is 9.84 Å². The number of imidazole rings is 1. The summed E-state index contributed by atoms with van der Waals surface area (Å²) in [5, 5.41) is 0.890. The molecule has 0 aliphatic rings. The van der Waals surface area contributed by atoms with E-state index < -0.39 is 9.84 Å². The Bertz CT molecular complexity index is 893. The van der Waals surface area contributed by atoms with E-state index in [-0.39, 0.29) is 4.90 Å². The maximum atomic E-state index is 11.4. The molecule has 0 saturated heterocycles. The van der Waals surface area contributed by atoms with Crippen molar-refractivity contribution in [3.8, 4) is 11.4 Å². The molecule has 0 fully saturated rings. The number of hydrogen-bond donors (Lipinski definition) is 1. The molecule has 7 heteroatoms. The molecule has 3 rings (SSSR count). The molecule has 1 heterocycles. The largest absolute Gasteiger partial charge is 0.338 e. The molecule has 0 saturated carbocycles. The Kier molecular flexibility index (Phi) is 3.43. The number of fused-ring (bicyclic) bond motifs is 1. The first-order chi connectivity index (χ1) is 9.84. The predicted molar refractivity (Wildman–Crippen MR) is 84.7 cm³/mol. The lowest BCUT2D eigenvalue weighted by Gasteiger charge is -1.99. The second kappa shape index (κ2) is 5.02. The van der Waals surface area contributed by atoms with Gasteiger partial charge in [0.15, 0.2) is 9.84 Å². The van der Waals surface area contributed by atoms with Crippen LogP contribution in [0.15, 0.2) is 41.3 Å². The second-order valence-corrected chi connectivity index (χ2v) is 7.50. The van der Waals surface area contributed by atoms with Crippen molar-refractivity contribution >= 4 is 44.1 Å². The standard InChI is InChI=1S/C14H10Cl2N2O2S/c1-21(19,20)9-4-2-8(3-5-9)14-17-12-6-10(15)11(16)7-13(12)18-14/h2-7H,1H3,(H,17,18). The van der Waals surface area contributed by atoms with Gasteiger partial charge in [-0.15, -0.1) is 0 Å². The smallest absolute Gasteiger partial charge is 0.175 e. The van der Waals surface area contributed by atoms with Crippen molar-refractivity contribution < 1.29 is 8.42 Å². The maximum absolute atomic E-state index is 11.4. The van der Waals surface area contributed by atoms with Crippen molar-refractivity contribution in [3.63, 3.8) is 0 Å². The molecule has 0 radical (unpaired) electrons. The molecule has 0 spiro atoms. The Labute approximate surface area is 131 Å². The van der Waals surface area contributed by atoms with Crippen LogP contribution in [0, 0.1) is 0 Å². The molecule has 0 aliphatic heterocycles. The van der Waals surface area contributed by atoms with Crippen LogP contribution in [0.5, 0.6) is 0 Å². The molecule has 1 aromatic heterocycles. The normalized spacial score (nSPS) is 12.0. The van der Waals surface area contributed by atoms with Crippen molar-refractivity contribution in [2.24, 2.45) is 0 Å². The topological polar surface area (TPSA) is 62.8 Å². The van der Waals surface area contributed by atoms with E-state index in [0.29, 0.717) is 21.4 Å². The van der Waals surface area contributed by atoms with Crippen LogP contribution in [0.25, 0.3) is 22.4 Å². The highest BCUT2D eigenvalue weighted by Crippen LogP contribution is 2.29. The minimum Gasteiger partial charge on any atom is -0.338 e. The first kappa shape index (κ1) is 14.4. The summed E-state index contributed by atoms with van der Waals surface area (Å²) in [5.41, 5.74) is 2.25. The van der Waals surface area contributed by atoms with Crippen LogP contribution < -0.4 is 0 Å². The van der Waals surface area contributed by atoms with Crippen molar-refractivity contribution in [1.29, 1.82) is 0 Å². The second-order valence-electron chi connectivity index (χ2n) is 4.67. The van der Waals surface area contributed by atoms with Crippen molar-refractivity contribution in [2.75, 3.05) is 6.26 Å². The highest BCUT2D eigenvalue weighted by atomic mass is 35.5. The van der Waals surface area contributed by atoms with Gasteiger partial charge in [-0.25, -0.2) is 13.4 Å². The van der Waals surface area contributed by atoms with Gasteiger partial charge in [-0.3, -0.25) is 0 Å². The Balaban J connectivity index is 2.08. The number of H-pyrrole nitrogens is 1. The van der Waals surface area contributed by atoms with Crippen LogP contribution in [0.1, 0.15) is 0 Å². The first-order valence-electron chi connectivity index (χ1n) is 6.00. The predicted octanol–water partition coefficient (Wildman–Crippen LogP) is 3.94. The lowest BCUT2D eigenvalue weighted by molar-refractivity contribution is 0.602.